The van der Waals surface area contributed by atoms with Crippen molar-refractivity contribution >= 4 is 11.8 Å². The maximum absolute atomic E-state index is 12.1. The first-order valence-electron chi connectivity index (χ1n) is 6.99. The largest absolute Gasteiger partial charge is 0.294 e. The molecule has 5 nitrogen and oxygen atoms in total. The average Bonchev–Trinajstić information content (AvgIpc) is 2.37. The van der Waals surface area contributed by atoms with Gasteiger partial charge < -0.3 is 0 Å². The first-order valence-corrected chi connectivity index (χ1v) is 6.99. The molecule has 0 aliphatic carbocycles. The van der Waals surface area contributed by atoms with Crippen molar-refractivity contribution in [3.05, 3.63) is 34.4 Å². The number of imide groups is 1. The van der Waals surface area contributed by atoms with E-state index >= 15 is 0 Å². The number of hydrogen-bond acceptors (Lipinski definition) is 4. The van der Waals surface area contributed by atoms with Gasteiger partial charge in [0, 0.05) is 5.41 Å². The molecule has 2 atom stereocenters. The van der Waals surface area contributed by atoms with E-state index in [2.05, 4.69) is 5.32 Å². The van der Waals surface area contributed by atoms with Crippen molar-refractivity contribution in [2.75, 3.05) is 0 Å². The van der Waals surface area contributed by atoms with E-state index in [0.29, 0.717) is 0 Å². The van der Waals surface area contributed by atoms with Gasteiger partial charge in [-0.15, -0.1) is 0 Å². The van der Waals surface area contributed by atoms with Gasteiger partial charge in [0.2, 0.25) is 11.8 Å². The van der Waals surface area contributed by atoms with Gasteiger partial charge >= 0.3 is 0 Å². The molecule has 2 amide bonds. The van der Waals surface area contributed by atoms with E-state index in [0.717, 1.165) is 22.3 Å². The van der Waals surface area contributed by atoms with Crippen LogP contribution < -0.4 is 5.32 Å². The van der Waals surface area contributed by atoms with Crippen LogP contribution in [0, 0.1) is 55.3 Å². The highest BCUT2D eigenvalue weighted by molar-refractivity contribution is 6.04. The second kappa shape index (κ2) is 5.27. The average molecular weight is 295 g/mol. The van der Waals surface area contributed by atoms with Crippen LogP contribution in [-0.4, -0.2) is 11.8 Å². The number of nitrogens with one attached hydrogen (secondary N) is 1. The van der Waals surface area contributed by atoms with Crippen molar-refractivity contribution in [3.8, 4) is 12.1 Å². The minimum absolute atomic E-state index is 0.638. The molecule has 0 radical (unpaired) electrons. The highest BCUT2D eigenvalue weighted by atomic mass is 16.2. The smallest absolute Gasteiger partial charge is 0.244 e. The number of rotatable bonds is 1. The van der Waals surface area contributed by atoms with E-state index in [9.17, 15) is 20.1 Å². The predicted octanol–water partition coefficient (Wildman–Crippen LogP) is 1.81. The van der Waals surface area contributed by atoms with Crippen LogP contribution in [0.4, 0.5) is 0 Å². The van der Waals surface area contributed by atoms with Crippen LogP contribution in [0.5, 0.6) is 0 Å². The first-order chi connectivity index (χ1) is 10.3. The number of carbonyl (C=O) groups excluding carboxylic acids is 2. The Hall–Kier alpha value is -2.66. The lowest BCUT2D eigenvalue weighted by Crippen LogP contribution is -2.59. The molecule has 0 saturated carbocycles. The van der Waals surface area contributed by atoms with E-state index < -0.39 is 29.1 Å². The quantitative estimate of drug-likeness (QED) is 0.799. The molecular formula is C17H17N3O2. The van der Waals surface area contributed by atoms with Crippen LogP contribution in [-0.2, 0) is 15.0 Å². The zero-order valence-corrected chi connectivity index (χ0v) is 13.0. The zero-order chi connectivity index (χ0) is 16.7. The second-order valence-electron chi connectivity index (χ2n) is 6.03. The second-order valence-corrected chi connectivity index (χ2v) is 6.03. The van der Waals surface area contributed by atoms with Crippen LogP contribution in [0.1, 0.15) is 29.2 Å². The fraction of sp³-hybridized carbons (Fsp3) is 0.412. The Morgan fingerprint density at radius 1 is 1.00 bits per heavy atom. The third-order valence-electron chi connectivity index (χ3n) is 4.44. The molecule has 1 N–H and O–H groups in total. The van der Waals surface area contributed by atoms with Crippen LogP contribution in [0.15, 0.2) is 12.1 Å². The van der Waals surface area contributed by atoms with E-state index in [1.165, 1.54) is 0 Å². The summed E-state index contributed by atoms with van der Waals surface area (Å²) >= 11 is 0. The van der Waals surface area contributed by atoms with Gasteiger partial charge in [-0.3, -0.25) is 14.9 Å². The molecule has 1 heterocycles. The van der Waals surface area contributed by atoms with Crippen molar-refractivity contribution in [1.29, 1.82) is 10.5 Å². The molecule has 22 heavy (non-hydrogen) atoms. The third kappa shape index (κ3) is 2.07. The topological polar surface area (TPSA) is 93.8 Å². The standard InChI is InChI=1S/C17H17N3O2/c1-9-5-10(2)14(11(3)6-9)17(4)12(7-18)15(21)20-16(22)13(17)8-19/h5-6,12-13H,1-4H3,(H,20,21,22). The number of benzene rings is 1. The highest BCUT2D eigenvalue weighted by Crippen LogP contribution is 2.44. The van der Waals surface area contributed by atoms with Gasteiger partial charge in [-0.05, 0) is 37.5 Å². The number of carbonyl (C=O) groups is 2. The molecule has 112 valence electrons. The molecule has 0 aromatic heterocycles. The molecule has 0 bridgehead atoms. The first kappa shape index (κ1) is 15.7. The predicted molar refractivity (Wildman–Crippen MR) is 79.4 cm³/mol. The van der Waals surface area contributed by atoms with Gasteiger partial charge in [0.15, 0.2) is 0 Å². The Morgan fingerprint density at radius 2 is 1.41 bits per heavy atom. The maximum atomic E-state index is 12.1. The van der Waals surface area contributed by atoms with E-state index in [1.54, 1.807) is 6.92 Å². The van der Waals surface area contributed by atoms with Crippen LogP contribution >= 0.6 is 0 Å². The minimum Gasteiger partial charge on any atom is -0.294 e. The molecule has 1 aromatic carbocycles. The lowest BCUT2D eigenvalue weighted by Gasteiger charge is -2.41. The van der Waals surface area contributed by atoms with Crippen molar-refractivity contribution < 1.29 is 9.59 Å². The fourth-order valence-corrected chi connectivity index (χ4v) is 3.68. The minimum atomic E-state index is -1.16. The lowest BCUT2D eigenvalue weighted by atomic mass is 9.60. The van der Waals surface area contributed by atoms with Crippen LogP contribution in [0.3, 0.4) is 0 Å². The van der Waals surface area contributed by atoms with Gasteiger partial charge in [-0.2, -0.15) is 10.5 Å². The Labute approximate surface area is 129 Å². The summed E-state index contributed by atoms with van der Waals surface area (Å²) in [6.07, 6.45) is 0. The normalized spacial score (nSPS) is 27.7. The molecule has 2 unspecified atom stereocenters. The van der Waals surface area contributed by atoms with Crippen molar-refractivity contribution in [3.63, 3.8) is 0 Å². The fourth-order valence-electron chi connectivity index (χ4n) is 3.68. The maximum Gasteiger partial charge on any atom is 0.244 e. The molecule has 1 aromatic rings. The number of piperidine rings is 1. The summed E-state index contributed by atoms with van der Waals surface area (Å²) in [5.41, 5.74) is 2.38. The van der Waals surface area contributed by atoms with Crippen molar-refractivity contribution in [2.45, 2.75) is 33.1 Å². The van der Waals surface area contributed by atoms with Crippen LogP contribution in [0.25, 0.3) is 0 Å². The van der Waals surface area contributed by atoms with Gasteiger partial charge in [0.05, 0.1) is 12.1 Å². The summed E-state index contributed by atoms with van der Waals surface area (Å²) in [4.78, 5) is 24.2. The molecule has 1 aliphatic heterocycles. The summed E-state index contributed by atoms with van der Waals surface area (Å²) in [5.74, 6) is -3.45. The van der Waals surface area contributed by atoms with Gasteiger partial charge in [-0.25, -0.2) is 0 Å². The third-order valence-corrected chi connectivity index (χ3v) is 4.44. The summed E-state index contributed by atoms with van der Waals surface area (Å²) in [7, 11) is 0. The number of nitriles is 2. The Bertz CT molecular complexity index is 697. The van der Waals surface area contributed by atoms with E-state index in [-0.39, 0.29) is 0 Å². The lowest BCUT2D eigenvalue weighted by molar-refractivity contribution is -0.140. The number of amides is 2. The van der Waals surface area contributed by atoms with Crippen molar-refractivity contribution in [1.82, 2.24) is 5.32 Å². The number of nitrogens with zero attached hydrogens (tertiary/aromatic N) is 2. The van der Waals surface area contributed by atoms with Crippen LogP contribution in [0.2, 0.25) is 0 Å². The molecule has 1 saturated heterocycles. The van der Waals surface area contributed by atoms with Gasteiger partial charge in [0.1, 0.15) is 11.8 Å². The number of hydrogen-bond donors (Lipinski definition) is 1. The Morgan fingerprint density at radius 3 is 1.77 bits per heavy atom. The summed E-state index contributed by atoms with van der Waals surface area (Å²) in [6, 6.07) is 7.84. The Kier molecular flexibility index (Phi) is 3.77. The summed E-state index contributed by atoms with van der Waals surface area (Å²) in [5, 5.41) is 21.1. The Balaban J connectivity index is 2.82. The monoisotopic (exact) mass is 295 g/mol. The highest BCUT2D eigenvalue weighted by Gasteiger charge is 2.55. The number of aryl methyl sites for hydroxylation is 3. The zero-order valence-electron chi connectivity index (χ0n) is 13.0. The molecule has 5 heteroatoms. The molecular weight excluding hydrogens is 278 g/mol. The van der Waals surface area contributed by atoms with Crippen molar-refractivity contribution in [2.24, 2.45) is 11.8 Å². The van der Waals surface area contributed by atoms with E-state index in [4.69, 9.17) is 0 Å². The van der Waals surface area contributed by atoms with Gasteiger partial charge in [-0.1, -0.05) is 24.6 Å². The van der Waals surface area contributed by atoms with E-state index in [1.807, 2.05) is 45.0 Å². The van der Waals surface area contributed by atoms with Gasteiger partial charge in [0.25, 0.3) is 0 Å². The SMILES string of the molecule is Cc1cc(C)c(C2(C)C(C#N)C(=O)NC(=O)C2C#N)c(C)c1. The summed E-state index contributed by atoms with van der Waals surface area (Å²) < 4.78 is 0. The molecule has 0 spiro atoms. The summed E-state index contributed by atoms with van der Waals surface area (Å²) in [6.45, 7) is 7.37. The molecule has 1 fully saturated rings. The molecule has 2 rings (SSSR count). The molecule has 1 aliphatic rings.